The molecule has 28 heavy (non-hydrogen) atoms. The van der Waals surface area contributed by atoms with Gasteiger partial charge in [-0.25, -0.2) is 8.42 Å². The van der Waals surface area contributed by atoms with Crippen LogP contribution in [0.15, 0.2) is 35.2 Å². The molecule has 1 aliphatic rings. The number of aromatic nitrogens is 1. The van der Waals surface area contributed by atoms with Crippen LogP contribution in [0.3, 0.4) is 0 Å². The molecule has 8 heteroatoms. The first kappa shape index (κ1) is 21.0. The van der Waals surface area contributed by atoms with Gasteiger partial charge in [-0.2, -0.15) is 4.31 Å². The highest BCUT2D eigenvalue weighted by molar-refractivity contribution is 7.89. The van der Waals surface area contributed by atoms with Gasteiger partial charge in [0, 0.05) is 54.7 Å². The van der Waals surface area contributed by atoms with Gasteiger partial charge in [0.15, 0.2) is 5.78 Å². The van der Waals surface area contributed by atoms with E-state index in [2.05, 4.69) is 11.5 Å². The van der Waals surface area contributed by atoms with E-state index in [4.69, 9.17) is 11.6 Å². The third-order valence-electron chi connectivity index (χ3n) is 5.32. The van der Waals surface area contributed by atoms with Crippen LogP contribution in [0.25, 0.3) is 0 Å². The first-order chi connectivity index (χ1) is 13.2. The van der Waals surface area contributed by atoms with Crippen molar-refractivity contribution in [3.05, 3.63) is 52.3 Å². The lowest BCUT2D eigenvalue weighted by molar-refractivity contribution is 0.0901. The minimum absolute atomic E-state index is 0.0824. The Labute approximate surface area is 171 Å². The van der Waals surface area contributed by atoms with Crippen LogP contribution in [-0.4, -0.2) is 60.7 Å². The van der Waals surface area contributed by atoms with Crippen molar-refractivity contribution in [2.24, 2.45) is 0 Å². The first-order valence-corrected chi connectivity index (χ1v) is 11.2. The van der Waals surface area contributed by atoms with Crippen molar-refractivity contribution in [1.29, 1.82) is 0 Å². The van der Waals surface area contributed by atoms with Crippen LogP contribution in [0.5, 0.6) is 0 Å². The summed E-state index contributed by atoms with van der Waals surface area (Å²) in [5.74, 6) is 0.0824. The molecule has 2 heterocycles. The molecule has 0 unspecified atom stereocenters. The summed E-state index contributed by atoms with van der Waals surface area (Å²) in [6.45, 7) is 8.95. The lowest BCUT2D eigenvalue weighted by Crippen LogP contribution is -2.49. The molecule has 1 aromatic carbocycles. The lowest BCUT2D eigenvalue weighted by atomic mass is 10.1. The molecular formula is C20H26ClN3O3S. The van der Waals surface area contributed by atoms with E-state index in [-0.39, 0.29) is 10.7 Å². The highest BCUT2D eigenvalue weighted by Gasteiger charge is 2.29. The van der Waals surface area contributed by atoms with Gasteiger partial charge in [-0.15, -0.1) is 0 Å². The number of hydrogen-bond donors (Lipinski definition) is 0. The highest BCUT2D eigenvalue weighted by atomic mass is 35.5. The summed E-state index contributed by atoms with van der Waals surface area (Å²) in [6, 6.07) is 8.26. The molecule has 6 nitrogen and oxygen atoms in total. The van der Waals surface area contributed by atoms with Crippen molar-refractivity contribution in [3.63, 3.8) is 0 Å². The van der Waals surface area contributed by atoms with Crippen molar-refractivity contribution in [1.82, 2.24) is 13.8 Å². The average Bonchev–Trinajstić information content (AvgIpc) is 2.96. The summed E-state index contributed by atoms with van der Waals surface area (Å²) in [4.78, 5) is 15.0. The number of halogens is 1. The second-order valence-corrected chi connectivity index (χ2v) is 9.46. The fourth-order valence-electron chi connectivity index (χ4n) is 3.76. The van der Waals surface area contributed by atoms with E-state index in [9.17, 15) is 13.2 Å². The third kappa shape index (κ3) is 4.17. The second-order valence-electron chi connectivity index (χ2n) is 7.09. The molecule has 1 saturated heterocycles. The van der Waals surface area contributed by atoms with Gasteiger partial charge in [0.2, 0.25) is 10.0 Å². The molecule has 0 N–H and O–H groups in total. The SMILES string of the molecule is CCn1c(C)cc(C(=O)CN2CCN(S(=O)(=O)c3cccc(Cl)c3)CC2)c1C. The van der Waals surface area contributed by atoms with Crippen LogP contribution in [0, 0.1) is 13.8 Å². The van der Waals surface area contributed by atoms with Gasteiger partial charge in [0.05, 0.1) is 11.4 Å². The third-order valence-corrected chi connectivity index (χ3v) is 7.45. The van der Waals surface area contributed by atoms with Gasteiger partial charge in [-0.3, -0.25) is 9.69 Å². The smallest absolute Gasteiger partial charge is 0.243 e. The van der Waals surface area contributed by atoms with E-state index < -0.39 is 10.0 Å². The number of piperazine rings is 1. The molecule has 3 rings (SSSR count). The normalized spacial score (nSPS) is 16.4. The summed E-state index contributed by atoms with van der Waals surface area (Å²) in [7, 11) is -3.57. The van der Waals surface area contributed by atoms with Crippen LogP contribution >= 0.6 is 11.6 Å². The number of rotatable bonds is 6. The molecule has 0 atom stereocenters. The van der Waals surface area contributed by atoms with Crippen molar-refractivity contribution in [2.45, 2.75) is 32.2 Å². The number of ketones is 1. The molecule has 0 bridgehead atoms. The van der Waals surface area contributed by atoms with Crippen molar-refractivity contribution in [3.8, 4) is 0 Å². The van der Waals surface area contributed by atoms with Crippen molar-refractivity contribution in [2.75, 3.05) is 32.7 Å². The molecule has 0 radical (unpaired) electrons. The molecule has 1 aromatic heterocycles. The van der Waals surface area contributed by atoms with Crippen LogP contribution in [0.2, 0.25) is 5.02 Å². The Hall–Kier alpha value is -1.67. The summed E-state index contributed by atoms with van der Waals surface area (Å²) in [5.41, 5.74) is 2.83. The summed E-state index contributed by atoms with van der Waals surface area (Å²) in [6.07, 6.45) is 0. The zero-order chi connectivity index (χ0) is 20.5. The van der Waals surface area contributed by atoms with Crippen LogP contribution in [0.1, 0.15) is 28.7 Å². The van der Waals surface area contributed by atoms with Gasteiger partial charge < -0.3 is 4.57 Å². The molecule has 2 aromatic rings. The number of sulfonamides is 1. The minimum atomic E-state index is -3.57. The maximum Gasteiger partial charge on any atom is 0.243 e. The van der Waals surface area contributed by atoms with E-state index >= 15 is 0 Å². The molecule has 0 spiro atoms. The maximum atomic E-state index is 12.8. The molecule has 0 aliphatic carbocycles. The molecule has 0 saturated carbocycles. The molecule has 1 fully saturated rings. The predicted octanol–water partition coefficient (Wildman–Crippen LogP) is 2.97. The van der Waals surface area contributed by atoms with Gasteiger partial charge in [-0.05, 0) is 45.0 Å². The van der Waals surface area contributed by atoms with Crippen LogP contribution < -0.4 is 0 Å². The standard InChI is InChI=1S/C20H26ClN3O3S/c1-4-24-15(2)12-19(16(24)3)20(25)14-22-8-10-23(11-9-22)28(26,27)18-7-5-6-17(21)13-18/h5-7,12-13H,4,8-11,14H2,1-3H3. The van der Waals surface area contributed by atoms with E-state index in [0.717, 1.165) is 23.5 Å². The first-order valence-electron chi connectivity index (χ1n) is 9.42. The van der Waals surface area contributed by atoms with Gasteiger partial charge in [-0.1, -0.05) is 17.7 Å². The Morgan fingerprint density at radius 1 is 1.11 bits per heavy atom. The quantitative estimate of drug-likeness (QED) is 0.670. The zero-order valence-electron chi connectivity index (χ0n) is 16.5. The van der Waals surface area contributed by atoms with Crippen molar-refractivity contribution >= 4 is 27.4 Å². The molecular weight excluding hydrogens is 398 g/mol. The lowest BCUT2D eigenvalue weighted by Gasteiger charge is -2.33. The summed E-state index contributed by atoms with van der Waals surface area (Å²) in [5, 5.41) is 0.398. The fourth-order valence-corrected chi connectivity index (χ4v) is 5.49. The Bertz CT molecular complexity index is 977. The van der Waals surface area contributed by atoms with Crippen LogP contribution in [0.4, 0.5) is 0 Å². The second kappa shape index (κ2) is 8.37. The number of aryl methyl sites for hydroxylation is 1. The number of carbonyl (C=O) groups excluding carboxylic acids is 1. The minimum Gasteiger partial charge on any atom is -0.349 e. The Morgan fingerprint density at radius 3 is 2.36 bits per heavy atom. The van der Waals surface area contributed by atoms with Crippen LogP contribution in [-0.2, 0) is 16.6 Å². The average molecular weight is 424 g/mol. The van der Waals surface area contributed by atoms with E-state index in [0.29, 0.717) is 37.7 Å². The zero-order valence-corrected chi connectivity index (χ0v) is 18.1. The number of hydrogen-bond acceptors (Lipinski definition) is 4. The topological polar surface area (TPSA) is 62.6 Å². The maximum absolute atomic E-state index is 12.8. The van der Waals surface area contributed by atoms with Gasteiger partial charge in [0.25, 0.3) is 0 Å². The summed E-state index contributed by atoms with van der Waals surface area (Å²) >= 11 is 5.93. The van der Waals surface area contributed by atoms with E-state index in [1.165, 1.54) is 10.4 Å². The van der Waals surface area contributed by atoms with E-state index in [1.807, 2.05) is 24.8 Å². The molecule has 1 aliphatic heterocycles. The molecule has 152 valence electrons. The highest BCUT2D eigenvalue weighted by Crippen LogP contribution is 2.21. The Balaban J connectivity index is 1.63. The van der Waals surface area contributed by atoms with Gasteiger partial charge in [0.1, 0.15) is 0 Å². The number of Topliss-reactive ketones (excluding diaryl/α,β-unsaturated/α-hetero) is 1. The molecule has 0 amide bonds. The largest absolute Gasteiger partial charge is 0.349 e. The Morgan fingerprint density at radius 2 is 1.79 bits per heavy atom. The fraction of sp³-hybridized carbons (Fsp3) is 0.450. The number of nitrogens with zero attached hydrogens (tertiary/aromatic N) is 3. The monoisotopic (exact) mass is 423 g/mol. The van der Waals surface area contributed by atoms with Crippen molar-refractivity contribution < 1.29 is 13.2 Å². The number of benzene rings is 1. The Kier molecular flexibility index (Phi) is 6.29. The van der Waals surface area contributed by atoms with E-state index in [1.54, 1.807) is 18.2 Å². The van der Waals surface area contributed by atoms with Gasteiger partial charge >= 0.3 is 0 Å². The predicted molar refractivity (Wildman–Crippen MR) is 111 cm³/mol. The number of carbonyl (C=O) groups is 1. The summed E-state index contributed by atoms with van der Waals surface area (Å²) < 4.78 is 29.2.